The molecule has 0 unspecified atom stereocenters. The van der Waals surface area contributed by atoms with Crippen LogP contribution in [0.25, 0.3) is 0 Å². The summed E-state index contributed by atoms with van der Waals surface area (Å²) in [6, 6.07) is 3.97. The van der Waals surface area contributed by atoms with Gasteiger partial charge in [-0.2, -0.15) is 18.3 Å². The van der Waals surface area contributed by atoms with Crippen molar-refractivity contribution in [1.29, 1.82) is 0 Å². The monoisotopic (exact) mass is 430 g/mol. The molecular weight excluding hydrogens is 407 g/mol. The van der Waals surface area contributed by atoms with Crippen LogP contribution in [0.2, 0.25) is 0 Å². The van der Waals surface area contributed by atoms with E-state index in [1.54, 1.807) is 0 Å². The number of benzene rings is 1. The first-order valence-corrected chi connectivity index (χ1v) is 9.83. The molecule has 2 aromatic rings. The molecule has 0 aliphatic carbocycles. The number of likely N-dealkylation sites (tertiary alicyclic amines) is 1. The topological polar surface area (TPSA) is 52.2 Å². The zero-order valence-electron chi connectivity index (χ0n) is 16.3. The summed E-state index contributed by atoms with van der Waals surface area (Å²) >= 11 is 0. The third-order valence-electron chi connectivity index (χ3n) is 5.18. The summed E-state index contributed by atoms with van der Waals surface area (Å²) in [6.45, 7) is 1.87. The maximum Gasteiger partial charge on any atom is 0.435 e. The van der Waals surface area contributed by atoms with Gasteiger partial charge in [0.2, 0.25) is 0 Å². The van der Waals surface area contributed by atoms with Gasteiger partial charge in [0.1, 0.15) is 17.3 Å². The normalized spacial score (nSPS) is 15.8. The highest BCUT2D eigenvalue weighted by atomic mass is 19.4. The third-order valence-corrected chi connectivity index (χ3v) is 5.18. The van der Waals surface area contributed by atoms with Crippen LogP contribution in [0.15, 0.2) is 24.3 Å². The molecule has 1 aromatic heterocycles. The van der Waals surface area contributed by atoms with Crippen LogP contribution >= 0.6 is 0 Å². The van der Waals surface area contributed by atoms with E-state index < -0.39 is 36.0 Å². The molecule has 2 heterocycles. The summed E-state index contributed by atoms with van der Waals surface area (Å²) in [5.74, 6) is -2.43. The minimum atomic E-state index is -4.70. The van der Waals surface area contributed by atoms with Gasteiger partial charge >= 0.3 is 6.18 Å². The Hall–Kier alpha value is -2.49. The third kappa shape index (κ3) is 5.56. The lowest BCUT2D eigenvalue weighted by Gasteiger charge is -2.27. The number of amides is 1. The summed E-state index contributed by atoms with van der Waals surface area (Å²) in [7, 11) is 0. The van der Waals surface area contributed by atoms with Crippen LogP contribution in [0, 0.1) is 11.6 Å². The van der Waals surface area contributed by atoms with E-state index in [9.17, 15) is 26.7 Å². The predicted molar refractivity (Wildman–Crippen MR) is 99.6 cm³/mol. The zero-order valence-corrected chi connectivity index (χ0v) is 16.3. The fourth-order valence-corrected chi connectivity index (χ4v) is 3.50. The highest BCUT2D eigenvalue weighted by Crippen LogP contribution is 2.28. The van der Waals surface area contributed by atoms with Gasteiger partial charge in [-0.3, -0.25) is 9.89 Å². The van der Waals surface area contributed by atoms with Crippen LogP contribution in [0.4, 0.5) is 22.0 Å². The average molecular weight is 430 g/mol. The first kappa shape index (κ1) is 22.2. The Kier molecular flexibility index (Phi) is 7.06. The largest absolute Gasteiger partial charge is 0.435 e. The van der Waals surface area contributed by atoms with E-state index in [-0.39, 0.29) is 17.8 Å². The number of aromatic amines is 1. The van der Waals surface area contributed by atoms with Crippen molar-refractivity contribution in [1.82, 2.24) is 20.0 Å². The molecule has 30 heavy (non-hydrogen) atoms. The second kappa shape index (κ2) is 9.55. The number of H-pyrrole nitrogens is 1. The molecule has 1 saturated heterocycles. The van der Waals surface area contributed by atoms with Crippen LogP contribution in [0.5, 0.6) is 0 Å². The second-order valence-electron chi connectivity index (χ2n) is 7.35. The molecule has 0 atom stereocenters. The summed E-state index contributed by atoms with van der Waals surface area (Å²) in [4.78, 5) is 16.2. The van der Waals surface area contributed by atoms with Crippen molar-refractivity contribution in [3.05, 3.63) is 52.9 Å². The molecule has 1 aliphatic rings. The molecule has 10 heteroatoms. The van der Waals surface area contributed by atoms with Gasteiger partial charge in [-0.25, -0.2) is 8.78 Å². The van der Waals surface area contributed by atoms with Gasteiger partial charge in [0.15, 0.2) is 5.69 Å². The molecule has 1 fully saturated rings. The van der Waals surface area contributed by atoms with Crippen molar-refractivity contribution in [2.24, 2.45) is 0 Å². The molecule has 0 saturated carbocycles. The van der Waals surface area contributed by atoms with Crippen molar-refractivity contribution in [3.63, 3.8) is 0 Å². The number of alkyl halides is 3. The molecule has 1 N–H and O–H groups in total. The lowest BCUT2D eigenvalue weighted by Crippen LogP contribution is -2.39. The summed E-state index contributed by atoms with van der Waals surface area (Å²) < 4.78 is 66.8. The number of halogens is 5. The van der Waals surface area contributed by atoms with Gasteiger partial charge < -0.3 is 9.80 Å². The van der Waals surface area contributed by atoms with E-state index >= 15 is 0 Å². The van der Waals surface area contributed by atoms with Crippen molar-refractivity contribution in [2.45, 2.75) is 38.4 Å². The first-order chi connectivity index (χ1) is 14.3. The highest BCUT2D eigenvalue weighted by molar-refractivity contribution is 5.92. The van der Waals surface area contributed by atoms with Gasteiger partial charge in [0, 0.05) is 24.7 Å². The van der Waals surface area contributed by atoms with Crippen LogP contribution in [0.1, 0.15) is 47.4 Å². The van der Waals surface area contributed by atoms with Gasteiger partial charge in [0.25, 0.3) is 5.91 Å². The Labute approximate surface area is 170 Å². The lowest BCUT2D eigenvalue weighted by molar-refractivity contribution is -0.141. The predicted octanol–water partition coefficient (Wildman–Crippen LogP) is 4.23. The van der Waals surface area contributed by atoms with Gasteiger partial charge in [-0.1, -0.05) is 18.9 Å². The second-order valence-corrected chi connectivity index (χ2v) is 7.35. The minimum Gasteiger partial charge on any atom is -0.331 e. The summed E-state index contributed by atoms with van der Waals surface area (Å²) in [6.07, 6.45) is -0.428. The minimum absolute atomic E-state index is 0.118. The Balaban J connectivity index is 1.80. The summed E-state index contributed by atoms with van der Waals surface area (Å²) in [5, 5.41) is 5.23. The van der Waals surface area contributed by atoms with Crippen LogP contribution in [0.3, 0.4) is 0 Å². The van der Waals surface area contributed by atoms with E-state index in [0.29, 0.717) is 12.6 Å². The van der Waals surface area contributed by atoms with Crippen LogP contribution in [-0.2, 0) is 12.7 Å². The van der Waals surface area contributed by atoms with Crippen LogP contribution in [-0.4, -0.2) is 52.1 Å². The molecule has 1 amide bonds. The number of nitrogens with one attached hydrogen (secondary N) is 1. The number of carbonyl (C=O) groups is 1. The number of nitrogens with zero attached hydrogens (tertiary/aromatic N) is 3. The van der Waals surface area contributed by atoms with Gasteiger partial charge in [-0.15, -0.1) is 0 Å². The Morgan fingerprint density at radius 2 is 1.73 bits per heavy atom. The van der Waals surface area contributed by atoms with E-state index in [1.807, 2.05) is 0 Å². The average Bonchev–Trinajstić information content (AvgIpc) is 3.06. The maximum atomic E-state index is 14.1. The SMILES string of the molecule is O=C(c1cc(C(F)(F)F)n[nH]1)N(CCN1CCCCCC1)Cc1c(F)cccc1F. The number of hydrogen-bond donors (Lipinski definition) is 1. The zero-order chi connectivity index (χ0) is 21.7. The smallest absolute Gasteiger partial charge is 0.331 e. The van der Waals surface area contributed by atoms with E-state index in [4.69, 9.17) is 0 Å². The highest BCUT2D eigenvalue weighted by Gasteiger charge is 2.35. The van der Waals surface area contributed by atoms with Crippen molar-refractivity contribution >= 4 is 5.91 Å². The lowest BCUT2D eigenvalue weighted by atomic mass is 10.1. The van der Waals surface area contributed by atoms with Crippen molar-refractivity contribution in [3.8, 4) is 0 Å². The number of carbonyl (C=O) groups excluding carboxylic acids is 1. The summed E-state index contributed by atoms with van der Waals surface area (Å²) in [5.41, 5.74) is -1.91. The fraction of sp³-hybridized carbons (Fsp3) is 0.500. The van der Waals surface area contributed by atoms with E-state index in [2.05, 4.69) is 15.1 Å². The number of hydrogen-bond acceptors (Lipinski definition) is 3. The molecule has 3 rings (SSSR count). The fourth-order valence-electron chi connectivity index (χ4n) is 3.50. The van der Waals surface area contributed by atoms with Gasteiger partial charge in [-0.05, 0) is 38.1 Å². The molecule has 164 valence electrons. The molecule has 5 nitrogen and oxygen atoms in total. The van der Waals surface area contributed by atoms with E-state index in [1.165, 1.54) is 6.07 Å². The quantitative estimate of drug-likeness (QED) is 0.698. The number of aromatic nitrogens is 2. The van der Waals surface area contributed by atoms with Gasteiger partial charge in [0.05, 0.1) is 6.54 Å². The molecule has 0 spiro atoms. The first-order valence-electron chi connectivity index (χ1n) is 9.83. The Bertz CT molecular complexity index is 839. The van der Waals surface area contributed by atoms with Crippen molar-refractivity contribution < 1.29 is 26.7 Å². The van der Waals surface area contributed by atoms with Crippen LogP contribution < -0.4 is 0 Å². The molecule has 0 radical (unpaired) electrons. The standard InChI is InChI=1S/C20H23F5N4O/c21-15-6-5-7-16(22)14(15)13-29(11-10-28-8-3-1-2-4-9-28)19(30)17-12-18(27-26-17)20(23,24)25/h5-7,12H,1-4,8-11,13H2,(H,26,27). The Morgan fingerprint density at radius 3 is 2.30 bits per heavy atom. The molecule has 0 bridgehead atoms. The molecular formula is C20H23F5N4O. The van der Waals surface area contributed by atoms with E-state index in [0.717, 1.165) is 55.8 Å². The number of rotatable bonds is 6. The van der Waals surface area contributed by atoms with Crippen molar-refractivity contribution in [2.75, 3.05) is 26.2 Å². The molecule has 1 aliphatic heterocycles. The molecule has 1 aromatic carbocycles. The maximum absolute atomic E-state index is 14.1. The Morgan fingerprint density at radius 1 is 1.10 bits per heavy atom.